The minimum atomic E-state index is -5.04. The molecule has 0 spiro atoms. The second-order valence-electron chi connectivity index (χ2n) is 3.46. The number of alkyl halides is 3. The van der Waals surface area contributed by atoms with E-state index in [4.69, 9.17) is 28.5 Å². The number of carbonyl (C=O) groups excluding carboxylic acids is 1. The summed E-state index contributed by atoms with van der Waals surface area (Å²) in [7, 11) is 0. The molecule has 0 radical (unpaired) electrons. The van der Waals surface area contributed by atoms with Gasteiger partial charge in [-0.1, -0.05) is 35.3 Å². The van der Waals surface area contributed by atoms with Crippen molar-refractivity contribution in [2.75, 3.05) is 0 Å². The number of hydrogen-bond acceptors (Lipinski definition) is 2. The molecular formula is C11H6Cl2F3NO. The van der Waals surface area contributed by atoms with Crippen LogP contribution in [0.5, 0.6) is 0 Å². The van der Waals surface area contributed by atoms with Gasteiger partial charge in [0.1, 0.15) is 5.92 Å². The first kappa shape index (κ1) is 14.8. The first-order valence-corrected chi connectivity index (χ1v) is 5.46. The van der Waals surface area contributed by atoms with E-state index in [1.165, 1.54) is 24.3 Å². The largest absolute Gasteiger partial charge is 0.451 e. The third-order valence-corrected chi connectivity index (χ3v) is 3.07. The molecule has 18 heavy (non-hydrogen) atoms. The average Bonchev–Trinajstić information content (AvgIpc) is 2.29. The van der Waals surface area contributed by atoms with Gasteiger partial charge in [0.15, 0.2) is 0 Å². The third-order valence-electron chi connectivity index (χ3n) is 2.21. The first-order valence-electron chi connectivity index (χ1n) is 4.71. The summed E-state index contributed by atoms with van der Waals surface area (Å²) in [5, 5.41) is 8.84. The smallest absolute Gasteiger partial charge is 0.288 e. The molecule has 0 amide bonds. The SMILES string of the molecule is N#CC(Cc1cccc(Cl)c1Cl)C(=O)C(F)(F)F. The highest BCUT2D eigenvalue weighted by molar-refractivity contribution is 6.42. The summed E-state index contributed by atoms with van der Waals surface area (Å²) >= 11 is 11.5. The van der Waals surface area contributed by atoms with Crippen molar-refractivity contribution in [2.45, 2.75) is 12.6 Å². The van der Waals surface area contributed by atoms with Crippen molar-refractivity contribution >= 4 is 29.0 Å². The van der Waals surface area contributed by atoms with Crippen LogP contribution < -0.4 is 0 Å². The lowest BCUT2D eigenvalue weighted by Gasteiger charge is -2.12. The number of rotatable bonds is 3. The number of nitrogens with zero attached hydrogens (tertiary/aromatic N) is 1. The third kappa shape index (κ3) is 3.37. The van der Waals surface area contributed by atoms with Crippen LogP contribution in [0.2, 0.25) is 10.0 Å². The summed E-state index contributed by atoms with van der Waals surface area (Å²) in [6.07, 6.45) is -5.46. The topological polar surface area (TPSA) is 40.9 Å². The van der Waals surface area contributed by atoms with E-state index in [1.54, 1.807) is 0 Å². The Hall–Kier alpha value is -1.25. The molecule has 1 aromatic rings. The molecule has 0 saturated heterocycles. The van der Waals surface area contributed by atoms with Crippen LogP contribution in [0.25, 0.3) is 0 Å². The Kier molecular flexibility index (Phi) is 4.60. The zero-order valence-electron chi connectivity index (χ0n) is 8.76. The van der Waals surface area contributed by atoms with Gasteiger partial charge >= 0.3 is 6.18 Å². The maximum Gasteiger partial charge on any atom is 0.451 e. The Bertz CT molecular complexity index is 508. The summed E-state index contributed by atoms with van der Waals surface area (Å²) in [4.78, 5) is 11.0. The van der Waals surface area contributed by atoms with Gasteiger partial charge in [0, 0.05) is 0 Å². The van der Waals surface area contributed by atoms with Crippen LogP contribution in [0.15, 0.2) is 18.2 Å². The fourth-order valence-electron chi connectivity index (χ4n) is 1.32. The van der Waals surface area contributed by atoms with Crippen LogP contribution in [0.4, 0.5) is 13.2 Å². The number of carbonyl (C=O) groups is 1. The normalized spacial score (nSPS) is 12.9. The number of hydrogen-bond donors (Lipinski definition) is 0. The number of ketones is 1. The highest BCUT2D eigenvalue weighted by Gasteiger charge is 2.43. The number of Topliss-reactive ketones (excluding diaryl/α,β-unsaturated/α-hetero) is 1. The summed E-state index contributed by atoms with van der Waals surface area (Å²) < 4.78 is 36.6. The molecule has 2 nitrogen and oxygen atoms in total. The van der Waals surface area contributed by atoms with Crippen molar-refractivity contribution in [1.82, 2.24) is 0 Å². The van der Waals surface area contributed by atoms with Crippen LogP contribution in [-0.4, -0.2) is 12.0 Å². The summed E-state index contributed by atoms with van der Waals surface area (Å²) in [5.41, 5.74) is 0.230. The molecule has 1 aromatic carbocycles. The van der Waals surface area contributed by atoms with E-state index in [2.05, 4.69) is 0 Å². The monoisotopic (exact) mass is 295 g/mol. The Morgan fingerprint density at radius 1 is 1.39 bits per heavy atom. The molecule has 0 aromatic heterocycles. The summed E-state index contributed by atoms with van der Waals surface area (Å²) in [5.74, 6) is -3.90. The van der Waals surface area contributed by atoms with Crippen molar-refractivity contribution < 1.29 is 18.0 Å². The second kappa shape index (κ2) is 5.59. The van der Waals surface area contributed by atoms with E-state index in [-0.39, 0.29) is 15.6 Å². The molecule has 0 saturated carbocycles. The highest BCUT2D eigenvalue weighted by Crippen LogP contribution is 2.29. The van der Waals surface area contributed by atoms with E-state index >= 15 is 0 Å². The molecule has 0 fully saturated rings. The van der Waals surface area contributed by atoms with Crippen LogP contribution in [0.1, 0.15) is 5.56 Å². The van der Waals surface area contributed by atoms with Gasteiger partial charge in [0.2, 0.25) is 0 Å². The zero-order valence-corrected chi connectivity index (χ0v) is 10.3. The van der Waals surface area contributed by atoms with E-state index < -0.39 is 24.3 Å². The lowest BCUT2D eigenvalue weighted by Crippen LogP contribution is -2.31. The zero-order chi connectivity index (χ0) is 13.9. The maximum absolute atomic E-state index is 12.2. The molecule has 1 rings (SSSR count). The van der Waals surface area contributed by atoms with E-state index in [0.29, 0.717) is 0 Å². The molecule has 0 N–H and O–H groups in total. The van der Waals surface area contributed by atoms with Crippen LogP contribution >= 0.6 is 23.2 Å². The predicted molar refractivity (Wildman–Crippen MR) is 60.3 cm³/mol. The molecule has 0 aliphatic rings. The molecular weight excluding hydrogens is 290 g/mol. The standard InChI is InChI=1S/C11H6Cl2F3NO/c12-8-3-1-2-6(9(8)13)4-7(5-17)10(18)11(14,15)16/h1-3,7H,4H2. The Labute approximate surface area is 111 Å². The van der Waals surface area contributed by atoms with E-state index in [1.807, 2.05) is 0 Å². The molecule has 96 valence electrons. The lowest BCUT2D eigenvalue weighted by molar-refractivity contribution is -0.173. The van der Waals surface area contributed by atoms with Gasteiger partial charge in [-0.3, -0.25) is 4.79 Å². The molecule has 7 heteroatoms. The second-order valence-corrected chi connectivity index (χ2v) is 4.25. The van der Waals surface area contributed by atoms with Crippen LogP contribution in [0, 0.1) is 17.2 Å². The number of nitriles is 1. The maximum atomic E-state index is 12.2. The molecule has 0 bridgehead atoms. The number of halogens is 5. The summed E-state index contributed by atoms with van der Waals surface area (Å²) in [6, 6.07) is 5.69. The first-order chi connectivity index (χ1) is 8.27. The molecule has 1 unspecified atom stereocenters. The molecule has 0 aliphatic carbocycles. The Morgan fingerprint density at radius 3 is 2.50 bits per heavy atom. The molecule has 0 heterocycles. The fraction of sp³-hybridized carbons (Fsp3) is 0.273. The minimum absolute atomic E-state index is 0.0504. The van der Waals surface area contributed by atoms with Gasteiger partial charge < -0.3 is 0 Å². The van der Waals surface area contributed by atoms with E-state index in [9.17, 15) is 18.0 Å². The van der Waals surface area contributed by atoms with Gasteiger partial charge in [0.25, 0.3) is 5.78 Å². The van der Waals surface area contributed by atoms with Crippen molar-refractivity contribution in [2.24, 2.45) is 5.92 Å². The van der Waals surface area contributed by atoms with E-state index in [0.717, 1.165) is 0 Å². The predicted octanol–water partition coefficient (Wildman–Crippen LogP) is 3.81. The Balaban J connectivity index is 2.98. The van der Waals surface area contributed by atoms with Crippen LogP contribution in [0.3, 0.4) is 0 Å². The van der Waals surface area contributed by atoms with Gasteiger partial charge in [-0.25, -0.2) is 0 Å². The van der Waals surface area contributed by atoms with Crippen molar-refractivity contribution in [3.63, 3.8) is 0 Å². The summed E-state index contributed by atoms with van der Waals surface area (Å²) in [6.45, 7) is 0. The van der Waals surface area contributed by atoms with Gasteiger partial charge in [-0.15, -0.1) is 0 Å². The van der Waals surface area contributed by atoms with Gasteiger partial charge in [-0.2, -0.15) is 18.4 Å². The lowest BCUT2D eigenvalue weighted by atomic mass is 9.96. The average molecular weight is 296 g/mol. The fourth-order valence-corrected chi connectivity index (χ4v) is 1.72. The van der Waals surface area contributed by atoms with Crippen LogP contribution in [-0.2, 0) is 11.2 Å². The number of benzene rings is 1. The highest BCUT2D eigenvalue weighted by atomic mass is 35.5. The quantitative estimate of drug-likeness (QED) is 0.851. The van der Waals surface area contributed by atoms with Gasteiger partial charge in [-0.05, 0) is 18.1 Å². The minimum Gasteiger partial charge on any atom is -0.288 e. The van der Waals surface area contributed by atoms with Crippen molar-refractivity contribution in [3.05, 3.63) is 33.8 Å². The van der Waals surface area contributed by atoms with Crippen molar-refractivity contribution in [3.8, 4) is 6.07 Å². The van der Waals surface area contributed by atoms with Crippen molar-refractivity contribution in [1.29, 1.82) is 5.26 Å². The molecule has 0 aliphatic heterocycles. The van der Waals surface area contributed by atoms with Gasteiger partial charge in [0.05, 0.1) is 16.1 Å². The Morgan fingerprint density at radius 2 is 2.00 bits per heavy atom. The molecule has 1 atom stereocenters.